The number of carbonyl (C=O) groups is 1. The van der Waals surface area contributed by atoms with Gasteiger partial charge in [-0.1, -0.05) is 43.3 Å². The molecule has 2 aromatic carbocycles. The van der Waals surface area contributed by atoms with E-state index in [0.29, 0.717) is 6.54 Å². The summed E-state index contributed by atoms with van der Waals surface area (Å²) in [4.78, 5) is 12.5. The largest absolute Gasteiger partial charge is 0.348 e. The predicted octanol–water partition coefficient (Wildman–Crippen LogP) is 3.78. The molecule has 2 aromatic rings. The fourth-order valence-corrected chi connectivity index (χ4v) is 3.51. The van der Waals surface area contributed by atoms with Crippen LogP contribution < -0.4 is 11.1 Å². The van der Waals surface area contributed by atoms with E-state index < -0.39 is 0 Å². The molecule has 1 fully saturated rings. The second-order valence-electron chi connectivity index (χ2n) is 6.86. The van der Waals surface area contributed by atoms with Crippen molar-refractivity contribution in [1.29, 1.82) is 0 Å². The van der Waals surface area contributed by atoms with E-state index in [0.717, 1.165) is 37.2 Å². The second-order valence-corrected chi connectivity index (χ2v) is 6.86. The van der Waals surface area contributed by atoms with Gasteiger partial charge in [0.2, 0.25) is 5.91 Å². The molecule has 0 bridgehead atoms. The van der Waals surface area contributed by atoms with Gasteiger partial charge < -0.3 is 11.1 Å². The smallest absolute Gasteiger partial charge is 0.223 e. The van der Waals surface area contributed by atoms with E-state index in [-0.39, 0.29) is 17.9 Å². The molecule has 1 aliphatic rings. The molecule has 1 atom stereocenters. The number of nitrogens with two attached hydrogens (primary N) is 1. The minimum Gasteiger partial charge on any atom is -0.348 e. The molecule has 1 saturated carbocycles. The molecule has 3 rings (SSSR count). The predicted molar refractivity (Wildman–Crippen MR) is 95.0 cm³/mol. The summed E-state index contributed by atoms with van der Waals surface area (Å²) in [5.74, 6) is 1.08. The highest BCUT2D eigenvalue weighted by Gasteiger charge is 2.26. The van der Waals surface area contributed by atoms with Crippen LogP contribution >= 0.6 is 0 Å². The summed E-state index contributed by atoms with van der Waals surface area (Å²) in [6, 6.07) is 14.5. The fourth-order valence-electron chi connectivity index (χ4n) is 3.51. The Morgan fingerprint density at radius 2 is 1.83 bits per heavy atom. The molecule has 0 aromatic heterocycles. The Bertz CT molecular complexity index is 674. The van der Waals surface area contributed by atoms with Crippen molar-refractivity contribution in [2.45, 2.75) is 38.6 Å². The monoisotopic (exact) mass is 310 g/mol. The molecule has 1 aliphatic carbocycles. The molecule has 122 valence electrons. The summed E-state index contributed by atoms with van der Waals surface area (Å²) < 4.78 is 0. The minimum atomic E-state index is -0.105. The molecule has 0 saturated heterocycles. The lowest BCUT2D eigenvalue weighted by Crippen LogP contribution is -2.38. The number of fused-ring (bicyclic) bond motifs is 1. The van der Waals surface area contributed by atoms with Crippen molar-refractivity contribution in [3.05, 3.63) is 48.0 Å². The maximum atomic E-state index is 12.5. The van der Waals surface area contributed by atoms with Crippen molar-refractivity contribution in [3.63, 3.8) is 0 Å². The zero-order valence-corrected chi connectivity index (χ0v) is 13.8. The maximum absolute atomic E-state index is 12.5. The SMILES string of the molecule is CC1CCC(C(=O)N[C@@H](CN)c2ccc3ccccc3c2)CC1. The highest BCUT2D eigenvalue weighted by Crippen LogP contribution is 2.29. The Morgan fingerprint density at radius 1 is 1.13 bits per heavy atom. The van der Waals surface area contributed by atoms with Gasteiger partial charge in [-0.2, -0.15) is 0 Å². The van der Waals surface area contributed by atoms with Crippen LogP contribution in [0.1, 0.15) is 44.2 Å². The van der Waals surface area contributed by atoms with Crippen LogP contribution in [0.15, 0.2) is 42.5 Å². The normalized spacial score (nSPS) is 22.7. The van der Waals surface area contributed by atoms with Crippen molar-refractivity contribution in [3.8, 4) is 0 Å². The number of hydrogen-bond donors (Lipinski definition) is 2. The highest BCUT2D eigenvalue weighted by molar-refractivity contribution is 5.83. The lowest BCUT2D eigenvalue weighted by Gasteiger charge is -2.27. The molecule has 1 amide bonds. The Hall–Kier alpha value is -1.87. The molecular weight excluding hydrogens is 284 g/mol. The summed E-state index contributed by atoms with van der Waals surface area (Å²) in [7, 11) is 0. The zero-order valence-electron chi connectivity index (χ0n) is 13.8. The van der Waals surface area contributed by atoms with Crippen molar-refractivity contribution in [2.24, 2.45) is 17.6 Å². The average molecular weight is 310 g/mol. The van der Waals surface area contributed by atoms with E-state index in [1.165, 1.54) is 10.8 Å². The molecule has 3 heteroatoms. The number of rotatable bonds is 4. The van der Waals surface area contributed by atoms with Gasteiger partial charge in [-0.3, -0.25) is 4.79 Å². The van der Waals surface area contributed by atoms with Crippen LogP contribution in [-0.4, -0.2) is 12.5 Å². The van der Waals surface area contributed by atoms with Crippen LogP contribution in [0.4, 0.5) is 0 Å². The first-order chi connectivity index (χ1) is 11.2. The first-order valence-electron chi connectivity index (χ1n) is 8.66. The van der Waals surface area contributed by atoms with Crippen LogP contribution in [0.3, 0.4) is 0 Å². The minimum absolute atomic E-state index is 0.105. The summed E-state index contributed by atoms with van der Waals surface area (Å²) >= 11 is 0. The van der Waals surface area contributed by atoms with E-state index in [2.05, 4.69) is 42.6 Å². The van der Waals surface area contributed by atoms with E-state index in [4.69, 9.17) is 5.73 Å². The summed E-state index contributed by atoms with van der Waals surface area (Å²) in [5.41, 5.74) is 7.02. The van der Waals surface area contributed by atoms with E-state index in [1.54, 1.807) is 0 Å². The third kappa shape index (κ3) is 3.73. The Morgan fingerprint density at radius 3 is 2.52 bits per heavy atom. The third-order valence-corrected chi connectivity index (χ3v) is 5.11. The standard InChI is InChI=1S/C20H26N2O/c1-14-6-8-16(9-7-14)20(23)22-19(13-21)18-11-10-15-4-2-3-5-17(15)12-18/h2-5,10-12,14,16,19H,6-9,13,21H2,1H3,(H,22,23)/t14?,16?,19-/m0/s1. The molecule has 23 heavy (non-hydrogen) atoms. The first-order valence-corrected chi connectivity index (χ1v) is 8.66. The van der Waals surface area contributed by atoms with Crippen LogP contribution in [-0.2, 0) is 4.79 Å². The van der Waals surface area contributed by atoms with Gasteiger partial charge in [0.15, 0.2) is 0 Å². The van der Waals surface area contributed by atoms with E-state index in [9.17, 15) is 4.79 Å². The maximum Gasteiger partial charge on any atom is 0.223 e. The molecule has 0 unspecified atom stereocenters. The Kier molecular flexibility index (Phi) is 4.97. The molecule has 0 aliphatic heterocycles. The number of hydrogen-bond acceptors (Lipinski definition) is 2. The lowest BCUT2D eigenvalue weighted by atomic mass is 9.82. The molecule has 3 nitrogen and oxygen atoms in total. The Labute approximate surface area is 138 Å². The quantitative estimate of drug-likeness (QED) is 0.903. The number of carbonyl (C=O) groups excluding carboxylic acids is 1. The van der Waals surface area contributed by atoms with Gasteiger partial charge in [0, 0.05) is 12.5 Å². The summed E-state index contributed by atoms with van der Waals surface area (Å²) in [6.07, 6.45) is 4.31. The molecule has 3 N–H and O–H groups in total. The fraction of sp³-hybridized carbons (Fsp3) is 0.450. The van der Waals surface area contributed by atoms with Crippen LogP contribution in [0, 0.1) is 11.8 Å². The van der Waals surface area contributed by atoms with Gasteiger partial charge in [0.25, 0.3) is 0 Å². The van der Waals surface area contributed by atoms with Gasteiger partial charge in [0.05, 0.1) is 6.04 Å². The second kappa shape index (κ2) is 7.14. The van der Waals surface area contributed by atoms with E-state index in [1.807, 2.05) is 12.1 Å². The van der Waals surface area contributed by atoms with Crippen molar-refractivity contribution >= 4 is 16.7 Å². The van der Waals surface area contributed by atoms with Crippen LogP contribution in [0.25, 0.3) is 10.8 Å². The van der Waals surface area contributed by atoms with Gasteiger partial charge in [0.1, 0.15) is 0 Å². The highest BCUT2D eigenvalue weighted by atomic mass is 16.1. The van der Waals surface area contributed by atoms with Gasteiger partial charge in [-0.25, -0.2) is 0 Å². The molecular formula is C20H26N2O. The first kappa shape index (κ1) is 16.0. The molecule has 0 spiro atoms. The zero-order chi connectivity index (χ0) is 16.2. The number of nitrogens with one attached hydrogen (secondary N) is 1. The van der Waals surface area contributed by atoms with Gasteiger partial charge in [-0.15, -0.1) is 0 Å². The summed E-state index contributed by atoms with van der Waals surface area (Å²) in [6.45, 7) is 2.69. The topological polar surface area (TPSA) is 55.1 Å². The van der Waals surface area contributed by atoms with Gasteiger partial charge in [-0.05, 0) is 54.0 Å². The van der Waals surface area contributed by atoms with Crippen LogP contribution in [0.2, 0.25) is 0 Å². The number of benzene rings is 2. The van der Waals surface area contributed by atoms with E-state index >= 15 is 0 Å². The van der Waals surface area contributed by atoms with Crippen molar-refractivity contribution in [1.82, 2.24) is 5.32 Å². The van der Waals surface area contributed by atoms with Gasteiger partial charge >= 0.3 is 0 Å². The average Bonchev–Trinajstić information content (AvgIpc) is 2.59. The lowest BCUT2D eigenvalue weighted by molar-refractivity contribution is -0.126. The molecule has 0 radical (unpaired) electrons. The third-order valence-electron chi connectivity index (χ3n) is 5.11. The molecule has 0 heterocycles. The van der Waals surface area contributed by atoms with Crippen LogP contribution in [0.5, 0.6) is 0 Å². The van der Waals surface area contributed by atoms with Crippen molar-refractivity contribution in [2.75, 3.05) is 6.54 Å². The number of amides is 1. The Balaban J connectivity index is 1.72. The summed E-state index contributed by atoms with van der Waals surface area (Å²) in [5, 5.41) is 5.56. The van der Waals surface area contributed by atoms with Crippen molar-refractivity contribution < 1.29 is 4.79 Å².